The molecule has 0 fully saturated rings. The Kier molecular flexibility index (Phi) is 6.75. The highest BCUT2D eigenvalue weighted by Crippen LogP contribution is 2.21. The van der Waals surface area contributed by atoms with Crippen molar-refractivity contribution in [2.45, 2.75) is 26.8 Å². The Bertz CT molecular complexity index is 505. The van der Waals surface area contributed by atoms with Gasteiger partial charge in [-0.25, -0.2) is 0 Å². The van der Waals surface area contributed by atoms with Crippen molar-refractivity contribution < 1.29 is 14.3 Å². The van der Waals surface area contributed by atoms with Crippen LogP contribution in [0.2, 0.25) is 5.02 Å². The molecule has 0 radical (unpaired) electrons. The zero-order valence-corrected chi connectivity index (χ0v) is 14.6. The molecule has 4 nitrogen and oxygen atoms in total. The summed E-state index contributed by atoms with van der Waals surface area (Å²) in [5, 5.41) is 0.524. The molecule has 0 aromatic heterocycles. The molecular formula is C14H17ClINO3. The fourth-order valence-corrected chi connectivity index (χ4v) is 2.15. The zero-order valence-electron chi connectivity index (χ0n) is 11.7. The van der Waals surface area contributed by atoms with Gasteiger partial charge in [0.2, 0.25) is 0 Å². The average molecular weight is 410 g/mol. The van der Waals surface area contributed by atoms with Gasteiger partial charge >= 0.3 is 5.97 Å². The van der Waals surface area contributed by atoms with Crippen LogP contribution in [0.4, 0.5) is 0 Å². The third-order valence-electron chi connectivity index (χ3n) is 2.66. The summed E-state index contributed by atoms with van der Waals surface area (Å²) >= 11 is 8.12. The molecule has 0 heterocycles. The van der Waals surface area contributed by atoms with E-state index < -0.39 is 5.97 Å². The fourth-order valence-electron chi connectivity index (χ4n) is 1.63. The molecule has 1 aromatic rings. The lowest BCUT2D eigenvalue weighted by atomic mass is 10.1. The molecule has 0 aliphatic rings. The van der Waals surface area contributed by atoms with Gasteiger partial charge in [-0.2, -0.15) is 0 Å². The van der Waals surface area contributed by atoms with Gasteiger partial charge in [0.1, 0.15) is 6.54 Å². The van der Waals surface area contributed by atoms with Crippen molar-refractivity contribution in [1.82, 2.24) is 4.90 Å². The average Bonchev–Trinajstić information content (AvgIpc) is 2.38. The van der Waals surface area contributed by atoms with Crippen molar-refractivity contribution in [2.24, 2.45) is 0 Å². The highest BCUT2D eigenvalue weighted by molar-refractivity contribution is 14.1. The molecule has 0 saturated heterocycles. The molecule has 0 spiro atoms. The number of nitrogens with zero attached hydrogens (tertiary/aromatic N) is 1. The first kappa shape index (κ1) is 17.2. The normalized spacial score (nSPS) is 10.5. The van der Waals surface area contributed by atoms with E-state index in [0.717, 1.165) is 3.57 Å². The van der Waals surface area contributed by atoms with Crippen LogP contribution in [0.1, 0.15) is 31.1 Å². The lowest BCUT2D eigenvalue weighted by Gasteiger charge is -2.25. The quantitative estimate of drug-likeness (QED) is 0.553. The number of rotatable bonds is 5. The molecule has 0 unspecified atom stereocenters. The maximum absolute atomic E-state index is 12.4. The minimum atomic E-state index is -0.411. The minimum Gasteiger partial charge on any atom is -0.465 e. The van der Waals surface area contributed by atoms with Crippen LogP contribution >= 0.6 is 34.2 Å². The molecular weight excluding hydrogens is 393 g/mol. The highest BCUT2D eigenvalue weighted by Gasteiger charge is 2.22. The summed E-state index contributed by atoms with van der Waals surface area (Å²) in [5.41, 5.74) is 0.466. The largest absolute Gasteiger partial charge is 0.465 e. The van der Waals surface area contributed by atoms with Crippen LogP contribution in [0.25, 0.3) is 0 Å². The number of carbonyl (C=O) groups excluding carboxylic acids is 2. The number of amides is 1. The monoisotopic (exact) mass is 409 g/mol. The van der Waals surface area contributed by atoms with Crippen LogP contribution in [-0.2, 0) is 9.53 Å². The summed E-state index contributed by atoms with van der Waals surface area (Å²) in [5.74, 6) is -0.641. The van der Waals surface area contributed by atoms with E-state index in [1.54, 1.807) is 25.1 Å². The molecule has 6 heteroatoms. The van der Waals surface area contributed by atoms with Crippen LogP contribution < -0.4 is 0 Å². The van der Waals surface area contributed by atoms with Gasteiger partial charge in [0.15, 0.2) is 0 Å². The van der Waals surface area contributed by atoms with Crippen molar-refractivity contribution in [2.75, 3.05) is 13.2 Å². The van der Waals surface area contributed by atoms with E-state index >= 15 is 0 Å². The summed E-state index contributed by atoms with van der Waals surface area (Å²) in [7, 11) is 0. The molecule has 20 heavy (non-hydrogen) atoms. The standard InChI is InChI=1S/C14H17ClINO3/c1-4-20-13(18)8-17(9(2)3)14(19)10-5-6-12(16)11(15)7-10/h5-7,9H,4,8H2,1-3H3. The minimum absolute atomic E-state index is 0.0616. The van der Waals surface area contributed by atoms with Crippen molar-refractivity contribution in [1.29, 1.82) is 0 Å². The Labute approximate surface area is 137 Å². The number of hydrogen-bond acceptors (Lipinski definition) is 3. The lowest BCUT2D eigenvalue weighted by Crippen LogP contribution is -2.41. The van der Waals surface area contributed by atoms with E-state index in [4.69, 9.17) is 16.3 Å². The summed E-state index contributed by atoms with van der Waals surface area (Å²) in [4.78, 5) is 25.5. The van der Waals surface area contributed by atoms with Gasteiger partial charge < -0.3 is 9.64 Å². The Morgan fingerprint density at radius 3 is 2.55 bits per heavy atom. The predicted molar refractivity (Wildman–Crippen MR) is 87.0 cm³/mol. The summed E-state index contributed by atoms with van der Waals surface area (Å²) in [6.45, 7) is 5.68. The number of hydrogen-bond donors (Lipinski definition) is 0. The first-order valence-electron chi connectivity index (χ1n) is 6.28. The number of esters is 1. The number of benzene rings is 1. The molecule has 110 valence electrons. The first-order chi connectivity index (χ1) is 9.36. The predicted octanol–water partition coefficient (Wildman–Crippen LogP) is 3.36. The maximum Gasteiger partial charge on any atom is 0.325 e. The molecule has 0 aliphatic heterocycles. The second-order valence-corrected chi connectivity index (χ2v) is 6.03. The van der Waals surface area contributed by atoms with E-state index in [9.17, 15) is 9.59 Å². The third-order valence-corrected chi connectivity index (χ3v) is 4.23. The van der Waals surface area contributed by atoms with E-state index in [0.29, 0.717) is 17.2 Å². The van der Waals surface area contributed by atoms with Gasteiger partial charge in [0.05, 0.1) is 11.6 Å². The molecule has 0 atom stereocenters. The Hall–Kier alpha value is -0.820. The van der Waals surface area contributed by atoms with Crippen molar-refractivity contribution in [3.63, 3.8) is 0 Å². The van der Waals surface area contributed by atoms with Crippen molar-refractivity contribution >= 4 is 46.1 Å². The molecule has 1 rings (SSSR count). The second-order valence-electron chi connectivity index (χ2n) is 4.46. The molecule has 0 aliphatic carbocycles. The van der Waals surface area contributed by atoms with Crippen LogP contribution in [0, 0.1) is 3.57 Å². The molecule has 1 aromatic carbocycles. The van der Waals surface area contributed by atoms with E-state index in [2.05, 4.69) is 22.6 Å². The topological polar surface area (TPSA) is 46.6 Å². The third kappa shape index (κ3) is 4.63. The molecule has 0 saturated carbocycles. The van der Waals surface area contributed by atoms with Gasteiger partial charge in [0, 0.05) is 15.2 Å². The smallest absolute Gasteiger partial charge is 0.325 e. The van der Waals surface area contributed by atoms with Crippen molar-refractivity contribution in [3.8, 4) is 0 Å². The van der Waals surface area contributed by atoms with Gasteiger partial charge in [-0.3, -0.25) is 9.59 Å². The van der Waals surface area contributed by atoms with Crippen LogP contribution in [-0.4, -0.2) is 36.0 Å². The Morgan fingerprint density at radius 2 is 2.05 bits per heavy atom. The van der Waals surface area contributed by atoms with Crippen LogP contribution in [0.3, 0.4) is 0 Å². The first-order valence-corrected chi connectivity index (χ1v) is 7.74. The second kappa shape index (κ2) is 7.83. The van der Waals surface area contributed by atoms with E-state index in [1.165, 1.54) is 4.90 Å². The molecule has 1 amide bonds. The van der Waals surface area contributed by atoms with Crippen LogP contribution in [0.15, 0.2) is 18.2 Å². The number of halogens is 2. The van der Waals surface area contributed by atoms with E-state index in [-0.39, 0.29) is 18.5 Å². The Balaban J connectivity index is 2.93. The number of ether oxygens (including phenoxy) is 1. The van der Waals surface area contributed by atoms with Gasteiger partial charge in [-0.1, -0.05) is 11.6 Å². The van der Waals surface area contributed by atoms with Crippen LogP contribution in [0.5, 0.6) is 0 Å². The SMILES string of the molecule is CCOC(=O)CN(C(=O)c1ccc(I)c(Cl)c1)C(C)C. The lowest BCUT2D eigenvalue weighted by molar-refractivity contribution is -0.144. The molecule has 0 bridgehead atoms. The zero-order chi connectivity index (χ0) is 15.3. The van der Waals surface area contributed by atoms with Gasteiger partial charge in [0.25, 0.3) is 5.91 Å². The summed E-state index contributed by atoms with van der Waals surface area (Å²) < 4.78 is 5.77. The highest BCUT2D eigenvalue weighted by atomic mass is 127. The number of carbonyl (C=O) groups is 2. The van der Waals surface area contributed by atoms with Crippen molar-refractivity contribution in [3.05, 3.63) is 32.4 Å². The van der Waals surface area contributed by atoms with Gasteiger partial charge in [-0.15, -0.1) is 0 Å². The summed E-state index contributed by atoms with van der Waals surface area (Å²) in [6.07, 6.45) is 0. The van der Waals surface area contributed by atoms with Gasteiger partial charge in [-0.05, 0) is 61.6 Å². The molecule has 0 N–H and O–H groups in total. The fraction of sp³-hybridized carbons (Fsp3) is 0.429. The Morgan fingerprint density at radius 1 is 1.40 bits per heavy atom. The maximum atomic E-state index is 12.4. The summed E-state index contributed by atoms with van der Waals surface area (Å²) in [6, 6.07) is 4.99. The van der Waals surface area contributed by atoms with E-state index in [1.807, 2.05) is 13.8 Å².